The number of halogens is 2. The van der Waals surface area contributed by atoms with Crippen LogP contribution < -0.4 is 9.80 Å². The zero-order valence-electron chi connectivity index (χ0n) is 26.7. The Labute approximate surface area is 267 Å². The molecule has 0 radical (unpaired) electrons. The molecule has 2 atom stereocenters. The monoisotopic (exact) mass is 612 g/mol. The summed E-state index contributed by atoms with van der Waals surface area (Å²) in [5, 5.41) is 9.13. The molecule has 5 nitrogen and oxygen atoms in total. The first-order chi connectivity index (χ1) is 21.8. The molecule has 2 aliphatic heterocycles. The second kappa shape index (κ2) is 15.5. The maximum atomic E-state index is 13.0. The molecule has 0 bridgehead atoms. The minimum absolute atomic E-state index is 0.0883. The van der Waals surface area contributed by atoms with Crippen molar-refractivity contribution in [2.75, 3.05) is 62.2 Å². The Hall–Kier alpha value is -3.78. The largest absolute Gasteiger partial charge is 0.392 e. The molecule has 1 N–H and O–H groups in total. The minimum atomic E-state index is -0.188. The van der Waals surface area contributed by atoms with Gasteiger partial charge in [-0.3, -0.25) is 9.80 Å². The number of aliphatic hydroxyl groups is 1. The lowest BCUT2D eigenvalue weighted by Crippen LogP contribution is -2.47. The molecule has 0 unspecified atom stereocenters. The SMILES string of the molecule is C[C@H](c1ccc(CO)cc1)N1CCN(c2ccc(F)cc2)CC1.Cc1ccc([C@@H](C)N2CCN(c3ccc(F)cc3)CC2)cc1. The molecule has 2 aliphatic rings. The van der Waals surface area contributed by atoms with Gasteiger partial charge in [0.05, 0.1) is 6.61 Å². The van der Waals surface area contributed by atoms with E-state index in [9.17, 15) is 8.78 Å². The highest BCUT2D eigenvalue weighted by atomic mass is 19.1. The summed E-state index contributed by atoms with van der Waals surface area (Å²) in [4.78, 5) is 9.62. The summed E-state index contributed by atoms with van der Waals surface area (Å²) >= 11 is 0. The van der Waals surface area contributed by atoms with Crippen molar-refractivity contribution in [3.8, 4) is 0 Å². The third-order valence-electron chi connectivity index (χ3n) is 9.31. The van der Waals surface area contributed by atoms with Crippen molar-refractivity contribution in [2.45, 2.75) is 39.5 Å². The summed E-state index contributed by atoms with van der Waals surface area (Å²) < 4.78 is 26.0. The number of hydrogen-bond donors (Lipinski definition) is 1. The third kappa shape index (κ3) is 8.69. The van der Waals surface area contributed by atoms with E-state index in [1.54, 1.807) is 0 Å². The molecule has 4 aromatic carbocycles. The standard InChI is InChI=1S/C19H23FN2O.C19H23FN2/c1-15(17-4-2-16(14-23)3-5-17)21-10-12-22(13-11-21)19-8-6-18(20)7-9-19;1-15-3-5-17(6-4-15)16(2)21-11-13-22(14-12-21)19-9-7-18(20)8-10-19/h2-9,15,23H,10-14H2,1H3;3-10,16H,11-14H2,1-2H3/t15-;16-/m11/s1. The van der Waals surface area contributed by atoms with Crippen LogP contribution in [-0.4, -0.2) is 67.3 Å². The highest BCUT2D eigenvalue weighted by molar-refractivity contribution is 5.47. The lowest BCUT2D eigenvalue weighted by atomic mass is 10.0. The summed E-state index contributed by atoms with van der Waals surface area (Å²) in [5.41, 5.74) is 7.10. The third-order valence-corrected chi connectivity index (χ3v) is 9.31. The average Bonchev–Trinajstić information content (AvgIpc) is 3.09. The first-order valence-corrected chi connectivity index (χ1v) is 16.1. The lowest BCUT2D eigenvalue weighted by molar-refractivity contribution is 0.198. The van der Waals surface area contributed by atoms with Crippen LogP contribution in [0.1, 0.15) is 48.2 Å². The van der Waals surface area contributed by atoms with Crippen LogP contribution >= 0.6 is 0 Å². The van der Waals surface area contributed by atoms with Crippen LogP contribution in [-0.2, 0) is 6.61 Å². The number of aliphatic hydroxyl groups excluding tert-OH is 1. The van der Waals surface area contributed by atoms with Gasteiger partial charge in [0.1, 0.15) is 11.6 Å². The number of aryl methyl sites for hydroxylation is 1. The van der Waals surface area contributed by atoms with E-state index in [0.717, 1.165) is 69.3 Å². The van der Waals surface area contributed by atoms with Gasteiger partial charge in [-0.15, -0.1) is 0 Å². The highest BCUT2D eigenvalue weighted by Crippen LogP contribution is 2.26. The Bertz CT molecular complexity index is 1450. The van der Waals surface area contributed by atoms with Gasteiger partial charge in [-0.25, -0.2) is 8.78 Å². The van der Waals surface area contributed by atoms with Crippen LogP contribution in [0.3, 0.4) is 0 Å². The molecule has 0 amide bonds. The number of benzene rings is 4. The van der Waals surface area contributed by atoms with Crippen molar-refractivity contribution >= 4 is 11.4 Å². The fraction of sp³-hybridized carbons (Fsp3) is 0.368. The molecular weight excluding hydrogens is 566 g/mol. The van der Waals surface area contributed by atoms with E-state index in [0.29, 0.717) is 12.1 Å². The molecule has 0 saturated carbocycles. The number of nitrogens with zero attached hydrogens (tertiary/aromatic N) is 4. The van der Waals surface area contributed by atoms with E-state index in [2.05, 4.69) is 76.8 Å². The van der Waals surface area contributed by atoms with Crippen molar-refractivity contribution in [1.82, 2.24) is 9.80 Å². The van der Waals surface area contributed by atoms with Crippen molar-refractivity contribution in [2.24, 2.45) is 0 Å². The maximum Gasteiger partial charge on any atom is 0.123 e. The zero-order valence-corrected chi connectivity index (χ0v) is 26.7. The van der Waals surface area contributed by atoms with Crippen LogP contribution in [0, 0.1) is 18.6 Å². The van der Waals surface area contributed by atoms with Gasteiger partial charge in [-0.05, 0) is 86.0 Å². The van der Waals surface area contributed by atoms with E-state index in [1.165, 1.54) is 41.0 Å². The number of hydrogen-bond acceptors (Lipinski definition) is 5. The summed E-state index contributed by atoms with van der Waals surface area (Å²) in [7, 11) is 0. The first kappa shape index (κ1) is 32.6. The van der Waals surface area contributed by atoms with Crippen LogP contribution in [0.4, 0.5) is 20.2 Å². The second-order valence-corrected chi connectivity index (χ2v) is 12.2. The van der Waals surface area contributed by atoms with Gasteiger partial charge in [0.2, 0.25) is 0 Å². The topological polar surface area (TPSA) is 33.2 Å². The van der Waals surface area contributed by atoms with Gasteiger partial charge >= 0.3 is 0 Å². The summed E-state index contributed by atoms with van der Waals surface area (Å²) in [5.74, 6) is -0.359. The van der Waals surface area contributed by atoms with Crippen LogP contribution in [0.5, 0.6) is 0 Å². The van der Waals surface area contributed by atoms with E-state index in [-0.39, 0.29) is 18.2 Å². The Morgan fingerprint density at radius 1 is 0.533 bits per heavy atom. The second-order valence-electron chi connectivity index (χ2n) is 12.2. The van der Waals surface area contributed by atoms with Gasteiger partial charge in [0.25, 0.3) is 0 Å². The molecule has 0 spiro atoms. The van der Waals surface area contributed by atoms with E-state index < -0.39 is 0 Å². The van der Waals surface area contributed by atoms with E-state index >= 15 is 0 Å². The molecular formula is C38H46F2N4O. The fourth-order valence-corrected chi connectivity index (χ4v) is 6.21. The predicted octanol–water partition coefficient (Wildman–Crippen LogP) is 7.22. The molecule has 7 heteroatoms. The van der Waals surface area contributed by atoms with Gasteiger partial charge in [0.15, 0.2) is 0 Å². The van der Waals surface area contributed by atoms with Crippen molar-refractivity contribution in [3.05, 3.63) is 131 Å². The fourth-order valence-electron chi connectivity index (χ4n) is 6.21. The van der Waals surface area contributed by atoms with Crippen LogP contribution in [0.15, 0.2) is 97.1 Å². The summed E-state index contributed by atoms with van der Waals surface area (Å²) in [6, 6.07) is 31.3. The summed E-state index contributed by atoms with van der Waals surface area (Å²) in [6.07, 6.45) is 0. The molecule has 45 heavy (non-hydrogen) atoms. The smallest absolute Gasteiger partial charge is 0.123 e. The molecule has 2 heterocycles. The Morgan fingerprint density at radius 2 is 0.889 bits per heavy atom. The molecule has 2 fully saturated rings. The van der Waals surface area contributed by atoms with Crippen molar-refractivity contribution in [3.63, 3.8) is 0 Å². The first-order valence-electron chi connectivity index (χ1n) is 16.1. The molecule has 6 rings (SSSR count). The van der Waals surface area contributed by atoms with Crippen LogP contribution in [0.2, 0.25) is 0 Å². The highest BCUT2D eigenvalue weighted by Gasteiger charge is 2.23. The van der Waals surface area contributed by atoms with Crippen LogP contribution in [0.25, 0.3) is 0 Å². The Morgan fingerprint density at radius 3 is 1.24 bits per heavy atom. The minimum Gasteiger partial charge on any atom is -0.392 e. The Balaban J connectivity index is 0.000000178. The number of anilines is 2. The maximum absolute atomic E-state index is 13.0. The average molecular weight is 613 g/mol. The lowest BCUT2D eigenvalue weighted by Gasteiger charge is -2.39. The summed E-state index contributed by atoms with van der Waals surface area (Å²) in [6.45, 7) is 14.6. The number of rotatable bonds is 7. The van der Waals surface area contributed by atoms with Gasteiger partial charge in [-0.1, -0.05) is 54.1 Å². The quantitative estimate of drug-likeness (QED) is 0.238. The Kier molecular flexibility index (Phi) is 11.2. The predicted molar refractivity (Wildman–Crippen MR) is 181 cm³/mol. The zero-order chi connectivity index (χ0) is 31.8. The van der Waals surface area contributed by atoms with Crippen molar-refractivity contribution < 1.29 is 13.9 Å². The normalized spacial score (nSPS) is 17.4. The molecule has 2 saturated heterocycles. The van der Waals surface area contributed by atoms with Crippen molar-refractivity contribution in [1.29, 1.82) is 0 Å². The number of piperazine rings is 2. The van der Waals surface area contributed by atoms with E-state index in [1.807, 2.05) is 36.4 Å². The van der Waals surface area contributed by atoms with Gasteiger partial charge < -0.3 is 14.9 Å². The van der Waals surface area contributed by atoms with E-state index in [4.69, 9.17) is 5.11 Å². The molecule has 4 aromatic rings. The molecule has 0 aliphatic carbocycles. The van der Waals surface area contributed by atoms with Gasteiger partial charge in [0, 0.05) is 75.8 Å². The molecule has 238 valence electrons. The molecule has 0 aromatic heterocycles. The van der Waals surface area contributed by atoms with Gasteiger partial charge in [-0.2, -0.15) is 0 Å².